The molecule has 3 nitrogen and oxygen atoms in total. The first kappa shape index (κ1) is 6.27. The summed E-state index contributed by atoms with van der Waals surface area (Å²) in [6.07, 6.45) is 0.326. The van der Waals surface area contributed by atoms with E-state index in [1.165, 1.54) is 0 Å². The van der Waals surface area contributed by atoms with E-state index in [2.05, 4.69) is 4.52 Å². The summed E-state index contributed by atoms with van der Waals surface area (Å²) >= 11 is 0. The molecular weight excluding hydrogens is 127 g/mol. The van der Waals surface area contributed by atoms with Crippen molar-refractivity contribution in [1.29, 1.82) is 0 Å². The molecule has 1 rings (SSSR count). The van der Waals surface area contributed by atoms with Crippen molar-refractivity contribution in [3.8, 4) is 0 Å². The standard InChI is InChI=1S/C4H9O3P/c1-4-2-7-8(5,6)3-4/h4H,2-3H2,1H3,(H,5,6)/t4-/m1/s1. The SMILES string of the molecule is C[C@@H]1COP(=O)(O)C1. The Kier molecular flexibility index (Phi) is 1.44. The first-order valence-electron chi connectivity index (χ1n) is 2.56. The zero-order valence-corrected chi connectivity index (χ0v) is 5.60. The summed E-state index contributed by atoms with van der Waals surface area (Å²) in [4.78, 5) is 8.70. The van der Waals surface area contributed by atoms with Gasteiger partial charge in [0.25, 0.3) is 0 Å². The van der Waals surface area contributed by atoms with Gasteiger partial charge in [0.05, 0.1) is 12.8 Å². The molecule has 1 aliphatic heterocycles. The third kappa shape index (κ3) is 1.31. The molecule has 1 saturated heterocycles. The molecule has 0 aliphatic carbocycles. The second kappa shape index (κ2) is 1.83. The summed E-state index contributed by atoms with van der Waals surface area (Å²) in [7, 11) is -3.10. The van der Waals surface area contributed by atoms with E-state index in [0.29, 0.717) is 12.8 Å². The molecule has 0 aromatic heterocycles. The van der Waals surface area contributed by atoms with Crippen LogP contribution in [0.25, 0.3) is 0 Å². The molecule has 0 bridgehead atoms. The molecule has 0 amide bonds. The average molecular weight is 136 g/mol. The molecule has 1 heterocycles. The van der Waals surface area contributed by atoms with Crippen LogP contribution in [0.5, 0.6) is 0 Å². The first-order valence-corrected chi connectivity index (χ1v) is 4.33. The largest absolute Gasteiger partial charge is 0.328 e. The van der Waals surface area contributed by atoms with Gasteiger partial charge in [-0.05, 0) is 5.92 Å². The molecule has 0 spiro atoms. The fourth-order valence-corrected chi connectivity index (χ4v) is 2.23. The Balaban J connectivity index is 2.57. The van der Waals surface area contributed by atoms with Crippen LogP contribution in [0, 0.1) is 5.92 Å². The number of hydrogen-bond donors (Lipinski definition) is 1. The van der Waals surface area contributed by atoms with Gasteiger partial charge in [-0.15, -0.1) is 0 Å². The smallest absolute Gasteiger partial charge is 0.324 e. The van der Waals surface area contributed by atoms with Crippen molar-refractivity contribution in [3.63, 3.8) is 0 Å². The molecule has 4 heteroatoms. The van der Waals surface area contributed by atoms with Crippen molar-refractivity contribution in [1.82, 2.24) is 0 Å². The summed E-state index contributed by atoms with van der Waals surface area (Å²) in [5, 5.41) is 0. The Hall–Kier alpha value is 0.150. The molecule has 1 N–H and O–H groups in total. The highest BCUT2D eigenvalue weighted by Crippen LogP contribution is 2.49. The first-order chi connectivity index (χ1) is 3.60. The van der Waals surface area contributed by atoms with Gasteiger partial charge in [0, 0.05) is 0 Å². The highest BCUT2D eigenvalue weighted by Gasteiger charge is 2.30. The van der Waals surface area contributed by atoms with Crippen LogP contribution in [0.2, 0.25) is 0 Å². The molecule has 48 valence electrons. The molecule has 0 aromatic rings. The minimum Gasteiger partial charge on any atom is -0.324 e. The summed E-state index contributed by atoms with van der Waals surface area (Å²) in [5.41, 5.74) is 0. The topological polar surface area (TPSA) is 46.5 Å². The van der Waals surface area contributed by atoms with E-state index < -0.39 is 7.60 Å². The molecule has 0 radical (unpaired) electrons. The van der Waals surface area contributed by atoms with Crippen LogP contribution in [0.4, 0.5) is 0 Å². The maximum absolute atomic E-state index is 10.6. The third-order valence-electron chi connectivity index (χ3n) is 1.10. The Morgan fingerprint density at radius 2 is 2.50 bits per heavy atom. The fourth-order valence-electron chi connectivity index (χ4n) is 0.743. The van der Waals surface area contributed by atoms with Crippen LogP contribution in [0.1, 0.15) is 6.92 Å². The highest BCUT2D eigenvalue weighted by atomic mass is 31.2. The normalized spacial score (nSPS) is 47.5. The second-order valence-corrected chi connectivity index (χ2v) is 4.12. The van der Waals surface area contributed by atoms with Gasteiger partial charge in [-0.3, -0.25) is 4.57 Å². The average Bonchev–Trinajstić information content (AvgIpc) is 1.82. The van der Waals surface area contributed by atoms with E-state index in [1.807, 2.05) is 6.92 Å². The predicted molar refractivity (Wildman–Crippen MR) is 29.8 cm³/mol. The second-order valence-electron chi connectivity index (χ2n) is 2.22. The lowest BCUT2D eigenvalue weighted by atomic mass is 10.2. The summed E-state index contributed by atoms with van der Waals surface area (Å²) in [6, 6.07) is 0. The zero-order valence-electron chi connectivity index (χ0n) is 4.70. The van der Waals surface area contributed by atoms with Gasteiger partial charge in [-0.2, -0.15) is 0 Å². The van der Waals surface area contributed by atoms with E-state index in [1.54, 1.807) is 0 Å². The number of hydrogen-bond acceptors (Lipinski definition) is 2. The molecular formula is C4H9O3P. The van der Waals surface area contributed by atoms with E-state index in [9.17, 15) is 4.57 Å². The van der Waals surface area contributed by atoms with Gasteiger partial charge in [-0.25, -0.2) is 0 Å². The van der Waals surface area contributed by atoms with Crippen LogP contribution < -0.4 is 0 Å². The lowest BCUT2D eigenvalue weighted by Crippen LogP contribution is -1.93. The van der Waals surface area contributed by atoms with Gasteiger partial charge < -0.3 is 9.42 Å². The van der Waals surface area contributed by atoms with E-state index in [4.69, 9.17) is 4.89 Å². The Morgan fingerprint density at radius 3 is 2.62 bits per heavy atom. The molecule has 2 atom stereocenters. The third-order valence-corrected chi connectivity index (χ3v) is 2.74. The lowest BCUT2D eigenvalue weighted by molar-refractivity contribution is 0.278. The summed E-state index contributed by atoms with van der Waals surface area (Å²) < 4.78 is 15.1. The van der Waals surface area contributed by atoms with Crippen molar-refractivity contribution < 1.29 is 14.0 Å². The van der Waals surface area contributed by atoms with Crippen LogP contribution in [-0.4, -0.2) is 17.7 Å². The fraction of sp³-hybridized carbons (Fsp3) is 1.00. The van der Waals surface area contributed by atoms with Crippen molar-refractivity contribution in [3.05, 3.63) is 0 Å². The highest BCUT2D eigenvalue weighted by molar-refractivity contribution is 7.53. The quantitative estimate of drug-likeness (QED) is 0.502. The van der Waals surface area contributed by atoms with E-state index in [0.717, 1.165) is 0 Å². The molecule has 1 fully saturated rings. The van der Waals surface area contributed by atoms with Crippen molar-refractivity contribution in [2.75, 3.05) is 12.8 Å². The lowest BCUT2D eigenvalue weighted by Gasteiger charge is -1.96. The van der Waals surface area contributed by atoms with Crippen molar-refractivity contribution in [2.24, 2.45) is 5.92 Å². The monoisotopic (exact) mass is 136 g/mol. The number of rotatable bonds is 0. The van der Waals surface area contributed by atoms with Gasteiger partial charge in [0.15, 0.2) is 0 Å². The van der Waals surface area contributed by atoms with Crippen LogP contribution >= 0.6 is 7.60 Å². The maximum atomic E-state index is 10.6. The van der Waals surface area contributed by atoms with Crippen LogP contribution in [0.15, 0.2) is 0 Å². The van der Waals surface area contributed by atoms with E-state index >= 15 is 0 Å². The van der Waals surface area contributed by atoms with Gasteiger partial charge in [-0.1, -0.05) is 6.92 Å². The van der Waals surface area contributed by atoms with E-state index in [-0.39, 0.29) is 5.92 Å². The Morgan fingerprint density at radius 1 is 1.88 bits per heavy atom. The van der Waals surface area contributed by atoms with Crippen LogP contribution in [-0.2, 0) is 9.09 Å². The van der Waals surface area contributed by atoms with Crippen molar-refractivity contribution in [2.45, 2.75) is 6.92 Å². The van der Waals surface area contributed by atoms with Gasteiger partial charge in [0.2, 0.25) is 0 Å². The minimum atomic E-state index is -3.10. The summed E-state index contributed by atoms with van der Waals surface area (Å²) in [6.45, 7) is 2.34. The maximum Gasteiger partial charge on any atom is 0.328 e. The molecule has 0 aromatic carbocycles. The Bertz CT molecular complexity index is 133. The molecule has 1 aliphatic rings. The van der Waals surface area contributed by atoms with Crippen LogP contribution in [0.3, 0.4) is 0 Å². The zero-order chi connectivity index (χ0) is 6.20. The summed E-state index contributed by atoms with van der Waals surface area (Å²) in [5.74, 6) is 0.255. The minimum absolute atomic E-state index is 0.255. The van der Waals surface area contributed by atoms with Crippen molar-refractivity contribution >= 4 is 7.60 Å². The molecule has 8 heavy (non-hydrogen) atoms. The predicted octanol–water partition coefficient (Wildman–Crippen LogP) is 0.838. The Labute approximate surface area is 48.2 Å². The van der Waals surface area contributed by atoms with Gasteiger partial charge in [0.1, 0.15) is 0 Å². The molecule has 0 saturated carbocycles. The van der Waals surface area contributed by atoms with Gasteiger partial charge >= 0.3 is 7.60 Å². The molecule has 1 unspecified atom stereocenters.